The number of phenolic OH excluding ortho intramolecular Hbond substituents is 1. The number of aryl methyl sites for hydroxylation is 3. The largest absolute Gasteiger partial charge is 0.508 e. The van der Waals surface area contributed by atoms with Crippen LogP contribution in [-0.2, 0) is 6.54 Å². The van der Waals surface area contributed by atoms with Gasteiger partial charge in [-0.1, -0.05) is 24.6 Å². The maximum absolute atomic E-state index is 9.97. The molecule has 1 fully saturated rings. The fourth-order valence-electron chi connectivity index (χ4n) is 3.96. The predicted molar refractivity (Wildman–Crippen MR) is 105 cm³/mol. The number of piperidine rings is 1. The first-order valence-corrected chi connectivity index (χ1v) is 9.50. The highest BCUT2D eigenvalue weighted by atomic mass is 16.3. The van der Waals surface area contributed by atoms with Gasteiger partial charge in [0.1, 0.15) is 11.6 Å². The molecule has 1 aliphatic rings. The summed E-state index contributed by atoms with van der Waals surface area (Å²) in [6.07, 6.45) is 3.59. The van der Waals surface area contributed by atoms with E-state index in [9.17, 15) is 5.11 Å². The molecule has 3 aromatic rings. The lowest BCUT2D eigenvalue weighted by atomic mass is 9.99. The van der Waals surface area contributed by atoms with Crippen LogP contribution in [0.2, 0.25) is 0 Å². The van der Waals surface area contributed by atoms with Crippen LogP contribution in [0, 0.1) is 20.8 Å². The number of aromatic nitrogens is 2. The number of benzene rings is 2. The highest BCUT2D eigenvalue weighted by Crippen LogP contribution is 2.33. The first-order valence-electron chi connectivity index (χ1n) is 9.50. The summed E-state index contributed by atoms with van der Waals surface area (Å²) in [4.78, 5) is 10.9. The minimum absolute atomic E-state index is 0.306. The lowest BCUT2D eigenvalue weighted by molar-refractivity contribution is 0.134. The van der Waals surface area contributed by atoms with E-state index in [2.05, 4.69) is 41.9 Å². The highest BCUT2D eigenvalue weighted by molar-refractivity contribution is 5.78. The van der Waals surface area contributed by atoms with Crippen LogP contribution in [0.1, 0.15) is 53.4 Å². The third kappa shape index (κ3) is 3.21. The van der Waals surface area contributed by atoms with Crippen LogP contribution in [0.25, 0.3) is 11.0 Å². The molecule has 4 rings (SSSR count). The average Bonchev–Trinajstić information content (AvgIpc) is 3.01. The second kappa shape index (κ2) is 6.76. The quantitative estimate of drug-likeness (QED) is 0.705. The van der Waals surface area contributed by atoms with Crippen molar-refractivity contribution in [1.82, 2.24) is 14.9 Å². The Morgan fingerprint density at radius 3 is 2.73 bits per heavy atom. The van der Waals surface area contributed by atoms with Crippen LogP contribution < -0.4 is 0 Å². The van der Waals surface area contributed by atoms with Crippen LogP contribution in [-0.4, -0.2) is 26.5 Å². The van der Waals surface area contributed by atoms with Gasteiger partial charge in [-0.3, -0.25) is 4.90 Å². The molecule has 1 atom stereocenters. The molecule has 2 N–H and O–H groups in total. The smallest absolute Gasteiger partial charge is 0.124 e. The Hall–Kier alpha value is -2.33. The molecular formula is C22H27N3O. The number of aromatic hydroxyl groups is 1. The summed E-state index contributed by atoms with van der Waals surface area (Å²) in [7, 11) is 0. The Morgan fingerprint density at radius 1 is 1.08 bits per heavy atom. The number of hydrogen-bond acceptors (Lipinski definition) is 3. The van der Waals surface area contributed by atoms with E-state index in [0.717, 1.165) is 41.9 Å². The number of H-pyrrole nitrogens is 1. The number of rotatable bonds is 3. The maximum atomic E-state index is 9.97. The minimum Gasteiger partial charge on any atom is -0.508 e. The highest BCUT2D eigenvalue weighted by Gasteiger charge is 2.26. The van der Waals surface area contributed by atoms with Crippen molar-refractivity contribution >= 4 is 11.0 Å². The number of nitrogens with zero attached hydrogens (tertiary/aromatic N) is 2. The lowest BCUT2D eigenvalue weighted by Gasteiger charge is -2.34. The van der Waals surface area contributed by atoms with E-state index in [1.807, 2.05) is 13.0 Å². The molecule has 26 heavy (non-hydrogen) atoms. The molecule has 0 saturated carbocycles. The molecule has 2 aromatic carbocycles. The molecule has 0 bridgehead atoms. The second-order valence-corrected chi connectivity index (χ2v) is 7.68. The molecule has 0 spiro atoms. The third-order valence-electron chi connectivity index (χ3n) is 5.70. The average molecular weight is 349 g/mol. The molecule has 1 saturated heterocycles. The maximum Gasteiger partial charge on any atom is 0.124 e. The van der Waals surface area contributed by atoms with Gasteiger partial charge in [0.05, 0.1) is 17.1 Å². The van der Waals surface area contributed by atoms with Crippen LogP contribution >= 0.6 is 0 Å². The second-order valence-electron chi connectivity index (χ2n) is 7.68. The summed E-state index contributed by atoms with van der Waals surface area (Å²) < 4.78 is 0. The van der Waals surface area contributed by atoms with Crippen molar-refractivity contribution in [2.75, 3.05) is 6.54 Å². The monoisotopic (exact) mass is 349 g/mol. The predicted octanol–water partition coefficient (Wildman–Crippen LogP) is 4.92. The normalized spacial score (nSPS) is 18.5. The molecule has 0 aliphatic carbocycles. The topological polar surface area (TPSA) is 52.1 Å². The van der Waals surface area contributed by atoms with Gasteiger partial charge in [0.2, 0.25) is 0 Å². The molecular weight excluding hydrogens is 322 g/mol. The van der Waals surface area contributed by atoms with Gasteiger partial charge in [0, 0.05) is 12.6 Å². The summed E-state index contributed by atoms with van der Waals surface area (Å²) in [5.41, 5.74) is 6.79. The summed E-state index contributed by atoms with van der Waals surface area (Å²) >= 11 is 0. The van der Waals surface area contributed by atoms with Crippen molar-refractivity contribution in [2.45, 2.75) is 52.6 Å². The zero-order valence-electron chi connectivity index (χ0n) is 15.8. The van der Waals surface area contributed by atoms with Crippen molar-refractivity contribution in [3.05, 3.63) is 58.4 Å². The molecule has 1 aliphatic heterocycles. The zero-order valence-corrected chi connectivity index (χ0v) is 15.8. The van der Waals surface area contributed by atoms with Gasteiger partial charge in [-0.15, -0.1) is 0 Å². The summed E-state index contributed by atoms with van der Waals surface area (Å²) in [6.45, 7) is 8.31. The van der Waals surface area contributed by atoms with Gasteiger partial charge >= 0.3 is 0 Å². The van der Waals surface area contributed by atoms with Crippen LogP contribution in [0.5, 0.6) is 5.75 Å². The van der Waals surface area contributed by atoms with E-state index in [1.54, 1.807) is 6.07 Å². The SMILES string of the molecule is Cc1ccc(CN2CCCCC2c2nc3cc(O)c(C)cc3[nH]2)cc1C. The Bertz CT molecular complexity index is 905. The molecule has 2 heterocycles. The number of imidazole rings is 1. The van der Waals surface area contributed by atoms with Gasteiger partial charge in [0.25, 0.3) is 0 Å². The molecule has 136 valence electrons. The molecule has 0 amide bonds. The summed E-state index contributed by atoms with van der Waals surface area (Å²) in [5.74, 6) is 1.33. The zero-order chi connectivity index (χ0) is 18.3. The van der Waals surface area contributed by atoms with Crippen molar-refractivity contribution in [1.29, 1.82) is 0 Å². The van der Waals surface area contributed by atoms with E-state index >= 15 is 0 Å². The molecule has 0 radical (unpaired) electrons. The number of fused-ring (bicyclic) bond motifs is 1. The van der Waals surface area contributed by atoms with E-state index in [1.165, 1.54) is 29.5 Å². The van der Waals surface area contributed by atoms with E-state index in [-0.39, 0.29) is 0 Å². The number of likely N-dealkylation sites (tertiary alicyclic amines) is 1. The van der Waals surface area contributed by atoms with Crippen LogP contribution in [0.3, 0.4) is 0 Å². The van der Waals surface area contributed by atoms with E-state index in [0.29, 0.717) is 11.8 Å². The van der Waals surface area contributed by atoms with Crippen molar-refractivity contribution < 1.29 is 5.11 Å². The number of phenols is 1. The van der Waals surface area contributed by atoms with Gasteiger partial charge < -0.3 is 10.1 Å². The van der Waals surface area contributed by atoms with Gasteiger partial charge in [0.15, 0.2) is 0 Å². The minimum atomic E-state index is 0.306. The van der Waals surface area contributed by atoms with Gasteiger partial charge in [-0.25, -0.2) is 4.98 Å². The Morgan fingerprint density at radius 2 is 1.92 bits per heavy atom. The van der Waals surface area contributed by atoms with Crippen LogP contribution in [0.15, 0.2) is 30.3 Å². The number of hydrogen-bond donors (Lipinski definition) is 2. The molecule has 1 unspecified atom stereocenters. The summed E-state index contributed by atoms with van der Waals surface area (Å²) in [5, 5.41) is 9.97. The van der Waals surface area contributed by atoms with Crippen LogP contribution in [0.4, 0.5) is 0 Å². The molecule has 4 heteroatoms. The summed E-state index contributed by atoms with van der Waals surface area (Å²) in [6, 6.07) is 10.8. The number of nitrogens with one attached hydrogen (secondary N) is 1. The van der Waals surface area contributed by atoms with E-state index < -0.39 is 0 Å². The Balaban J connectivity index is 1.63. The fourth-order valence-corrected chi connectivity index (χ4v) is 3.96. The first-order chi connectivity index (χ1) is 12.5. The van der Waals surface area contributed by atoms with Crippen molar-refractivity contribution in [3.63, 3.8) is 0 Å². The van der Waals surface area contributed by atoms with Crippen molar-refractivity contribution in [3.8, 4) is 5.75 Å². The molecule has 1 aromatic heterocycles. The third-order valence-corrected chi connectivity index (χ3v) is 5.70. The Labute approximate surface area is 154 Å². The standard InChI is InChI=1S/C22H27N3O/c1-14-7-8-17(10-15(14)2)13-25-9-5-4-6-20(25)22-23-18-11-16(3)21(26)12-19(18)24-22/h7-8,10-12,20,26H,4-6,9,13H2,1-3H3,(H,23,24). The molecule has 4 nitrogen and oxygen atoms in total. The Kier molecular flexibility index (Phi) is 4.45. The first kappa shape index (κ1) is 17.1. The van der Waals surface area contributed by atoms with Gasteiger partial charge in [-0.05, 0) is 68.5 Å². The fraction of sp³-hybridized carbons (Fsp3) is 0.409. The van der Waals surface area contributed by atoms with Crippen molar-refractivity contribution in [2.24, 2.45) is 0 Å². The van der Waals surface area contributed by atoms with Gasteiger partial charge in [-0.2, -0.15) is 0 Å². The number of aromatic amines is 1. The lowest BCUT2D eigenvalue weighted by Crippen LogP contribution is -2.33. The van der Waals surface area contributed by atoms with E-state index in [4.69, 9.17) is 4.98 Å².